The molecule has 0 aromatic carbocycles. The molecular weight excluding hydrogens is 358 g/mol. The van der Waals surface area contributed by atoms with Crippen molar-refractivity contribution in [1.29, 1.82) is 0 Å². The number of hydrogen-bond acceptors (Lipinski definition) is 4. The van der Waals surface area contributed by atoms with Gasteiger partial charge in [0.05, 0.1) is 0 Å². The lowest BCUT2D eigenvalue weighted by molar-refractivity contribution is -0.139. The van der Waals surface area contributed by atoms with Crippen LogP contribution >= 0.6 is 23.7 Å². The Balaban J connectivity index is 0.00000182. The molecule has 0 spiro atoms. The zero-order valence-corrected chi connectivity index (χ0v) is 16.0. The number of halogens is 1. The van der Waals surface area contributed by atoms with Crippen LogP contribution in [0.5, 0.6) is 0 Å². The van der Waals surface area contributed by atoms with E-state index in [1.807, 2.05) is 4.90 Å². The first-order valence-corrected chi connectivity index (χ1v) is 9.95. The summed E-state index contributed by atoms with van der Waals surface area (Å²) < 4.78 is 0. The molecule has 0 saturated carbocycles. The van der Waals surface area contributed by atoms with Gasteiger partial charge < -0.3 is 15.1 Å². The van der Waals surface area contributed by atoms with E-state index < -0.39 is 0 Å². The van der Waals surface area contributed by atoms with Crippen LogP contribution in [0.4, 0.5) is 0 Å². The molecule has 1 N–H and O–H groups in total. The minimum Gasteiger partial charge on any atom is -0.338 e. The summed E-state index contributed by atoms with van der Waals surface area (Å²) in [5.74, 6) is 0.299. The summed E-state index contributed by atoms with van der Waals surface area (Å²) in [5.41, 5.74) is 1.28. The SMILES string of the molecule is Cl.O=C(CCC(=O)N1C2CCNCC1CC2)N1CCc2sccc2C1. The molecule has 2 bridgehead atoms. The van der Waals surface area contributed by atoms with Crippen molar-refractivity contribution < 1.29 is 9.59 Å². The minimum absolute atomic E-state index is 0. The van der Waals surface area contributed by atoms with Crippen LogP contribution < -0.4 is 5.32 Å². The van der Waals surface area contributed by atoms with E-state index in [2.05, 4.69) is 21.7 Å². The van der Waals surface area contributed by atoms with Gasteiger partial charge in [-0.3, -0.25) is 9.59 Å². The van der Waals surface area contributed by atoms with E-state index >= 15 is 0 Å². The van der Waals surface area contributed by atoms with E-state index in [1.54, 1.807) is 11.3 Å². The fourth-order valence-electron chi connectivity index (χ4n) is 4.35. The minimum atomic E-state index is 0. The molecule has 1 aromatic heterocycles. The molecule has 1 aromatic rings. The Hall–Kier alpha value is -1.11. The van der Waals surface area contributed by atoms with Gasteiger partial charge in [-0.1, -0.05) is 0 Å². The van der Waals surface area contributed by atoms with E-state index in [-0.39, 0.29) is 24.2 Å². The highest BCUT2D eigenvalue weighted by molar-refractivity contribution is 7.10. The van der Waals surface area contributed by atoms with Crippen molar-refractivity contribution in [2.75, 3.05) is 19.6 Å². The number of hydrogen-bond donors (Lipinski definition) is 1. The second kappa shape index (κ2) is 8.06. The molecule has 2 atom stereocenters. The maximum Gasteiger partial charge on any atom is 0.223 e. The van der Waals surface area contributed by atoms with Crippen molar-refractivity contribution in [2.24, 2.45) is 0 Å². The zero-order chi connectivity index (χ0) is 16.5. The third-order valence-electron chi connectivity index (χ3n) is 5.66. The summed E-state index contributed by atoms with van der Waals surface area (Å²) in [6, 6.07) is 2.84. The molecule has 2 unspecified atom stereocenters. The van der Waals surface area contributed by atoms with Crippen LogP contribution in [0.25, 0.3) is 0 Å². The fraction of sp³-hybridized carbons (Fsp3) is 0.667. The second-order valence-electron chi connectivity index (χ2n) is 7.11. The molecule has 5 nitrogen and oxygen atoms in total. The van der Waals surface area contributed by atoms with E-state index in [0.29, 0.717) is 31.5 Å². The molecule has 2 amide bonds. The van der Waals surface area contributed by atoms with Gasteiger partial charge in [0, 0.05) is 49.4 Å². The van der Waals surface area contributed by atoms with Crippen LogP contribution in [-0.2, 0) is 22.6 Å². The molecule has 25 heavy (non-hydrogen) atoms. The topological polar surface area (TPSA) is 52.7 Å². The molecule has 0 aliphatic carbocycles. The number of carbonyl (C=O) groups is 2. The first-order valence-electron chi connectivity index (χ1n) is 9.07. The molecule has 7 heteroatoms. The Kier molecular flexibility index (Phi) is 6.02. The van der Waals surface area contributed by atoms with Gasteiger partial charge in [0.1, 0.15) is 0 Å². The first-order chi connectivity index (χ1) is 11.7. The number of nitrogens with one attached hydrogen (secondary N) is 1. The van der Waals surface area contributed by atoms with Crippen LogP contribution in [0, 0.1) is 0 Å². The third kappa shape index (κ3) is 3.86. The Labute approximate surface area is 159 Å². The molecule has 4 rings (SSSR count). The lowest BCUT2D eigenvalue weighted by atomic mass is 10.1. The molecule has 2 saturated heterocycles. The van der Waals surface area contributed by atoms with Gasteiger partial charge in [0.2, 0.25) is 11.8 Å². The third-order valence-corrected chi connectivity index (χ3v) is 6.68. The summed E-state index contributed by atoms with van der Waals surface area (Å²) in [6.45, 7) is 3.41. The van der Waals surface area contributed by atoms with Gasteiger partial charge in [-0.2, -0.15) is 0 Å². The second-order valence-corrected chi connectivity index (χ2v) is 8.11. The largest absolute Gasteiger partial charge is 0.338 e. The Morgan fingerprint density at radius 3 is 2.84 bits per heavy atom. The summed E-state index contributed by atoms with van der Waals surface area (Å²) in [5, 5.41) is 5.52. The number of carbonyl (C=O) groups excluding carboxylic acids is 2. The summed E-state index contributed by atoms with van der Waals surface area (Å²) >= 11 is 1.78. The zero-order valence-electron chi connectivity index (χ0n) is 14.4. The van der Waals surface area contributed by atoms with E-state index in [4.69, 9.17) is 0 Å². The molecule has 4 heterocycles. The van der Waals surface area contributed by atoms with Crippen molar-refractivity contribution in [3.8, 4) is 0 Å². The van der Waals surface area contributed by atoms with E-state index in [1.165, 1.54) is 10.4 Å². The number of rotatable bonds is 3. The normalized spacial score (nSPS) is 25.1. The van der Waals surface area contributed by atoms with E-state index in [0.717, 1.165) is 45.3 Å². The monoisotopic (exact) mass is 383 g/mol. The molecule has 138 valence electrons. The maximum absolute atomic E-state index is 12.7. The fourth-order valence-corrected chi connectivity index (χ4v) is 5.24. The van der Waals surface area contributed by atoms with Crippen LogP contribution in [-0.4, -0.2) is 53.3 Å². The van der Waals surface area contributed by atoms with Crippen molar-refractivity contribution in [1.82, 2.24) is 15.1 Å². The first kappa shape index (κ1) is 18.7. The Morgan fingerprint density at radius 1 is 1.16 bits per heavy atom. The van der Waals surface area contributed by atoms with Crippen LogP contribution in [0.2, 0.25) is 0 Å². The van der Waals surface area contributed by atoms with Crippen LogP contribution in [0.3, 0.4) is 0 Å². The lowest BCUT2D eigenvalue weighted by Gasteiger charge is -2.29. The average molecular weight is 384 g/mol. The lowest BCUT2D eigenvalue weighted by Crippen LogP contribution is -2.43. The van der Waals surface area contributed by atoms with Crippen molar-refractivity contribution in [2.45, 2.75) is 57.2 Å². The number of nitrogens with zero attached hydrogens (tertiary/aromatic N) is 2. The van der Waals surface area contributed by atoms with Crippen molar-refractivity contribution >= 4 is 35.6 Å². The standard InChI is InChI=1S/C18H25N3O2S.ClH/c22-17(20-9-6-16-13(12-20)7-10-24-16)3-4-18(23)21-14-1-2-15(21)11-19-8-5-14;/h7,10,14-15,19H,1-6,8-9,11-12H2;1H. The average Bonchev–Trinajstić information content (AvgIpc) is 3.14. The highest BCUT2D eigenvalue weighted by atomic mass is 35.5. The number of fused-ring (bicyclic) bond motifs is 3. The number of thiophene rings is 1. The van der Waals surface area contributed by atoms with Crippen LogP contribution in [0.15, 0.2) is 11.4 Å². The summed E-state index contributed by atoms with van der Waals surface area (Å²) in [7, 11) is 0. The van der Waals surface area contributed by atoms with Gasteiger partial charge in [-0.15, -0.1) is 23.7 Å². The van der Waals surface area contributed by atoms with E-state index in [9.17, 15) is 9.59 Å². The quantitative estimate of drug-likeness (QED) is 0.870. The van der Waals surface area contributed by atoms with Crippen LogP contribution in [0.1, 0.15) is 42.5 Å². The van der Waals surface area contributed by atoms with Gasteiger partial charge in [-0.05, 0) is 49.2 Å². The van der Waals surface area contributed by atoms with Crippen molar-refractivity contribution in [3.63, 3.8) is 0 Å². The predicted octanol–water partition coefficient (Wildman–Crippen LogP) is 2.19. The molecule has 2 fully saturated rings. The smallest absolute Gasteiger partial charge is 0.223 e. The van der Waals surface area contributed by atoms with Gasteiger partial charge in [0.15, 0.2) is 0 Å². The Bertz CT molecular complexity index is 622. The molecule has 0 radical (unpaired) electrons. The maximum atomic E-state index is 12.7. The van der Waals surface area contributed by atoms with Crippen molar-refractivity contribution in [3.05, 3.63) is 21.9 Å². The summed E-state index contributed by atoms with van der Waals surface area (Å²) in [4.78, 5) is 30.6. The van der Waals surface area contributed by atoms with Gasteiger partial charge in [0.25, 0.3) is 0 Å². The Morgan fingerprint density at radius 2 is 1.96 bits per heavy atom. The highest BCUT2D eigenvalue weighted by Gasteiger charge is 2.37. The summed E-state index contributed by atoms with van der Waals surface area (Å²) in [6.07, 6.45) is 4.93. The van der Waals surface area contributed by atoms with Gasteiger partial charge >= 0.3 is 0 Å². The molecule has 3 aliphatic rings. The highest BCUT2D eigenvalue weighted by Crippen LogP contribution is 2.29. The predicted molar refractivity (Wildman–Crippen MR) is 101 cm³/mol. The molecule has 3 aliphatic heterocycles. The number of amides is 2. The van der Waals surface area contributed by atoms with Gasteiger partial charge in [-0.25, -0.2) is 0 Å². The molecular formula is C18H26ClN3O2S.